The lowest BCUT2D eigenvalue weighted by atomic mass is 10.2. The van der Waals surface area contributed by atoms with E-state index in [1.54, 1.807) is 12.1 Å². The number of halogens is 1. The van der Waals surface area contributed by atoms with Crippen molar-refractivity contribution in [3.05, 3.63) is 53.6 Å². The molecule has 0 amide bonds. The molecule has 1 N–H and O–H groups in total. The molecule has 0 aliphatic carbocycles. The lowest BCUT2D eigenvalue weighted by Crippen LogP contribution is -2.16. The van der Waals surface area contributed by atoms with Crippen LogP contribution >= 0.6 is 11.6 Å². The Morgan fingerprint density at radius 3 is 2.27 bits per heavy atom. The van der Waals surface area contributed by atoms with Gasteiger partial charge in [-0.15, -0.1) is 0 Å². The zero-order chi connectivity index (χ0) is 18.7. The lowest BCUT2D eigenvalue weighted by molar-refractivity contribution is 0.263. The zero-order valence-electron chi connectivity index (χ0n) is 14.3. The summed E-state index contributed by atoms with van der Waals surface area (Å²) >= 11 is 5.83. The van der Waals surface area contributed by atoms with E-state index in [-0.39, 0.29) is 22.5 Å². The quantitative estimate of drug-likeness (QED) is 0.683. The van der Waals surface area contributed by atoms with Crippen molar-refractivity contribution in [2.75, 3.05) is 11.3 Å². The molecule has 0 unspecified atom stereocenters. The van der Waals surface area contributed by atoms with Crippen LogP contribution in [0.25, 0.3) is 11.0 Å². The van der Waals surface area contributed by atoms with Crippen LogP contribution in [0.2, 0.25) is 5.02 Å². The Bertz CT molecular complexity index is 1020. The molecule has 136 valence electrons. The topological polar surface area (TPSA) is 81.2 Å². The van der Waals surface area contributed by atoms with E-state index < -0.39 is 10.0 Å². The second-order valence-corrected chi connectivity index (χ2v) is 8.25. The van der Waals surface area contributed by atoms with Crippen LogP contribution in [0.5, 0.6) is 5.88 Å². The Hall–Kier alpha value is -2.38. The van der Waals surface area contributed by atoms with Crippen LogP contribution in [0.3, 0.4) is 0 Å². The first kappa shape index (κ1) is 18.4. The Balaban J connectivity index is 2.01. The van der Waals surface area contributed by atoms with Gasteiger partial charge in [0, 0.05) is 5.02 Å². The highest BCUT2D eigenvalue weighted by Crippen LogP contribution is 2.26. The molecule has 0 aliphatic rings. The van der Waals surface area contributed by atoms with Crippen molar-refractivity contribution >= 4 is 38.5 Å². The third-order valence-corrected chi connectivity index (χ3v) is 5.05. The molecule has 6 nitrogen and oxygen atoms in total. The van der Waals surface area contributed by atoms with Crippen molar-refractivity contribution in [3.63, 3.8) is 0 Å². The Kier molecular flexibility index (Phi) is 5.29. The molecule has 0 saturated carbocycles. The first-order valence-electron chi connectivity index (χ1n) is 8.03. The van der Waals surface area contributed by atoms with Gasteiger partial charge in [0.1, 0.15) is 0 Å². The number of hydrogen-bond acceptors (Lipinski definition) is 5. The van der Waals surface area contributed by atoms with E-state index in [0.29, 0.717) is 22.7 Å². The van der Waals surface area contributed by atoms with Crippen LogP contribution < -0.4 is 9.46 Å². The average Bonchev–Trinajstić information content (AvgIpc) is 2.60. The maximum absolute atomic E-state index is 12.7. The molecular formula is C18H18ClN3O3S. The van der Waals surface area contributed by atoms with Gasteiger partial charge >= 0.3 is 0 Å². The molecule has 8 heteroatoms. The summed E-state index contributed by atoms with van der Waals surface area (Å²) in [6.07, 6.45) is 0. The van der Waals surface area contributed by atoms with Crippen molar-refractivity contribution in [2.24, 2.45) is 5.92 Å². The SMILES string of the molecule is CC(C)COc1nc2ccccc2nc1NS(=O)(=O)c1ccc(Cl)cc1. The van der Waals surface area contributed by atoms with Gasteiger partial charge in [0.05, 0.1) is 22.5 Å². The highest BCUT2D eigenvalue weighted by atomic mass is 35.5. The summed E-state index contributed by atoms with van der Waals surface area (Å²) in [5, 5.41) is 0.454. The van der Waals surface area contributed by atoms with Gasteiger partial charge in [-0.2, -0.15) is 0 Å². The fourth-order valence-electron chi connectivity index (χ4n) is 2.20. The second-order valence-electron chi connectivity index (χ2n) is 6.13. The fraction of sp³-hybridized carbons (Fsp3) is 0.222. The number of para-hydroxylation sites is 2. The number of benzene rings is 2. The van der Waals surface area contributed by atoms with Crippen LogP contribution in [0.1, 0.15) is 13.8 Å². The average molecular weight is 392 g/mol. The van der Waals surface area contributed by atoms with E-state index in [1.165, 1.54) is 24.3 Å². The van der Waals surface area contributed by atoms with E-state index in [1.807, 2.05) is 26.0 Å². The molecule has 0 saturated heterocycles. The van der Waals surface area contributed by atoms with Gasteiger partial charge in [-0.3, -0.25) is 4.72 Å². The normalized spacial score (nSPS) is 11.7. The summed E-state index contributed by atoms with van der Waals surface area (Å²) in [7, 11) is -3.85. The smallest absolute Gasteiger partial charge is 0.263 e. The highest BCUT2D eigenvalue weighted by Gasteiger charge is 2.20. The number of rotatable bonds is 6. The maximum Gasteiger partial charge on any atom is 0.263 e. The molecule has 0 atom stereocenters. The first-order valence-corrected chi connectivity index (χ1v) is 9.89. The minimum absolute atomic E-state index is 0.0549. The van der Waals surface area contributed by atoms with E-state index >= 15 is 0 Å². The number of fused-ring (bicyclic) bond motifs is 1. The fourth-order valence-corrected chi connectivity index (χ4v) is 3.32. The number of sulfonamides is 1. The zero-order valence-corrected chi connectivity index (χ0v) is 15.9. The monoisotopic (exact) mass is 391 g/mol. The summed E-state index contributed by atoms with van der Waals surface area (Å²) in [6.45, 7) is 4.38. The van der Waals surface area contributed by atoms with Gasteiger partial charge in [-0.1, -0.05) is 37.6 Å². The van der Waals surface area contributed by atoms with Gasteiger partial charge in [0.25, 0.3) is 15.9 Å². The Morgan fingerprint density at radius 2 is 1.65 bits per heavy atom. The van der Waals surface area contributed by atoms with Crippen molar-refractivity contribution in [3.8, 4) is 5.88 Å². The summed E-state index contributed by atoms with van der Waals surface area (Å²) in [5.74, 6) is 0.457. The molecule has 2 aromatic carbocycles. The number of aromatic nitrogens is 2. The van der Waals surface area contributed by atoms with E-state index in [4.69, 9.17) is 16.3 Å². The molecule has 26 heavy (non-hydrogen) atoms. The number of nitrogens with zero attached hydrogens (tertiary/aromatic N) is 2. The molecule has 1 aromatic heterocycles. The van der Waals surface area contributed by atoms with Gasteiger partial charge in [0.15, 0.2) is 0 Å². The number of anilines is 1. The molecule has 0 spiro atoms. The minimum Gasteiger partial charge on any atom is -0.475 e. The third kappa shape index (κ3) is 4.23. The molecule has 3 aromatic rings. The van der Waals surface area contributed by atoms with Crippen LogP contribution in [-0.2, 0) is 10.0 Å². The Morgan fingerprint density at radius 1 is 1.04 bits per heavy atom. The van der Waals surface area contributed by atoms with Crippen molar-refractivity contribution < 1.29 is 13.2 Å². The molecule has 0 bridgehead atoms. The summed E-state index contributed by atoms with van der Waals surface area (Å²) in [4.78, 5) is 8.86. The van der Waals surface area contributed by atoms with Crippen LogP contribution in [-0.4, -0.2) is 25.0 Å². The number of nitrogens with one attached hydrogen (secondary N) is 1. The van der Waals surface area contributed by atoms with Gasteiger partial charge in [0.2, 0.25) is 5.82 Å². The first-order chi connectivity index (χ1) is 12.3. The van der Waals surface area contributed by atoms with Crippen molar-refractivity contribution in [1.29, 1.82) is 0 Å². The third-order valence-electron chi connectivity index (χ3n) is 3.45. The van der Waals surface area contributed by atoms with Gasteiger partial charge in [-0.25, -0.2) is 18.4 Å². The molecule has 3 rings (SSSR count). The predicted octanol–water partition coefficient (Wildman–Crippen LogP) is 4.12. The second kappa shape index (κ2) is 7.47. The molecular weight excluding hydrogens is 374 g/mol. The van der Waals surface area contributed by atoms with Crippen molar-refractivity contribution in [1.82, 2.24) is 9.97 Å². The van der Waals surface area contributed by atoms with Crippen LogP contribution in [0.15, 0.2) is 53.4 Å². The molecule has 0 aliphatic heterocycles. The van der Waals surface area contributed by atoms with E-state index in [0.717, 1.165) is 0 Å². The maximum atomic E-state index is 12.7. The summed E-state index contributed by atoms with van der Waals surface area (Å²) in [6, 6.07) is 13.1. The summed E-state index contributed by atoms with van der Waals surface area (Å²) < 4.78 is 33.5. The highest BCUT2D eigenvalue weighted by molar-refractivity contribution is 7.92. The predicted molar refractivity (Wildman–Crippen MR) is 102 cm³/mol. The Labute approximate surface area is 157 Å². The summed E-state index contributed by atoms with van der Waals surface area (Å²) in [5.41, 5.74) is 1.19. The number of ether oxygens (including phenoxy) is 1. The van der Waals surface area contributed by atoms with Gasteiger partial charge in [-0.05, 0) is 42.3 Å². The molecule has 0 radical (unpaired) electrons. The standard InChI is InChI=1S/C18H18ClN3O3S/c1-12(2)11-25-18-17(20-15-5-3-4-6-16(15)21-18)22-26(23,24)14-9-7-13(19)8-10-14/h3-10,12H,11H2,1-2H3,(H,20,22). The van der Waals surface area contributed by atoms with E-state index in [9.17, 15) is 8.42 Å². The lowest BCUT2D eigenvalue weighted by Gasteiger charge is -2.14. The van der Waals surface area contributed by atoms with Crippen molar-refractivity contribution in [2.45, 2.75) is 18.7 Å². The molecule has 0 fully saturated rings. The van der Waals surface area contributed by atoms with Crippen LogP contribution in [0.4, 0.5) is 5.82 Å². The van der Waals surface area contributed by atoms with E-state index in [2.05, 4.69) is 14.7 Å². The largest absolute Gasteiger partial charge is 0.475 e. The minimum atomic E-state index is -3.85. The van der Waals surface area contributed by atoms with Gasteiger partial charge < -0.3 is 4.74 Å². The molecule has 1 heterocycles. The number of hydrogen-bond donors (Lipinski definition) is 1. The van der Waals surface area contributed by atoms with Crippen LogP contribution in [0, 0.1) is 5.92 Å².